The zero-order valence-corrected chi connectivity index (χ0v) is 21.1. The Morgan fingerprint density at radius 2 is 1.37 bits per heavy atom. The molecule has 1 N–H and O–H groups in total. The summed E-state index contributed by atoms with van der Waals surface area (Å²) in [7, 11) is 6.25. The summed E-state index contributed by atoms with van der Waals surface area (Å²) in [5.41, 5.74) is 4.01. The average Bonchev–Trinajstić information content (AvgIpc) is 2.86. The third-order valence-corrected chi connectivity index (χ3v) is 5.52. The van der Waals surface area contributed by atoms with E-state index in [9.17, 15) is 4.79 Å². The maximum atomic E-state index is 12.4. The first-order valence-electron chi connectivity index (χ1n) is 10.8. The molecule has 0 amide bonds. The lowest BCUT2D eigenvalue weighted by molar-refractivity contribution is 0.104. The van der Waals surface area contributed by atoms with E-state index in [1.54, 1.807) is 52.8 Å². The predicted molar refractivity (Wildman–Crippen MR) is 141 cm³/mol. The third kappa shape index (κ3) is 6.37. The smallest absolute Gasteiger partial charge is 0.203 e. The highest BCUT2D eigenvalue weighted by molar-refractivity contribution is 6.32. The van der Waals surface area contributed by atoms with E-state index in [2.05, 4.69) is 5.32 Å². The summed E-state index contributed by atoms with van der Waals surface area (Å²) in [6, 6.07) is 14.8. The van der Waals surface area contributed by atoms with Crippen LogP contribution in [0.25, 0.3) is 12.2 Å². The molecule has 0 aliphatic rings. The van der Waals surface area contributed by atoms with Crippen LogP contribution in [0.5, 0.6) is 23.0 Å². The molecule has 35 heavy (non-hydrogen) atoms. The van der Waals surface area contributed by atoms with Crippen LogP contribution in [0.4, 0.5) is 5.69 Å². The van der Waals surface area contributed by atoms with Crippen molar-refractivity contribution < 1.29 is 23.7 Å². The molecule has 0 atom stereocenters. The van der Waals surface area contributed by atoms with Crippen LogP contribution < -0.4 is 24.3 Å². The number of methoxy groups -OCH3 is 4. The number of carbonyl (C=O) groups is 1. The molecule has 0 unspecified atom stereocenters. The standard InChI is InChI=1S/C28H28ClNO5/c1-18-6-10-21(11-7-18)24(31)12-13-30-23-15-19(14-22(29)27(23)34-4)8-9-20-16-25(32-2)28(35-5)26(17-20)33-3/h6-17,30H,1-5H3/b9-8-,13-12-. The Hall–Kier alpha value is -3.90. The second-order valence-corrected chi connectivity index (χ2v) is 7.99. The van der Waals surface area contributed by atoms with Crippen LogP contribution in [0, 0.1) is 6.92 Å². The molecule has 0 saturated heterocycles. The lowest BCUT2D eigenvalue weighted by atomic mass is 10.1. The molecular weight excluding hydrogens is 466 g/mol. The Kier molecular flexibility index (Phi) is 8.81. The maximum Gasteiger partial charge on any atom is 0.203 e. The normalized spacial score (nSPS) is 11.0. The summed E-state index contributed by atoms with van der Waals surface area (Å²) < 4.78 is 21.7. The molecule has 0 saturated carbocycles. The van der Waals surface area contributed by atoms with Crippen LogP contribution in [-0.4, -0.2) is 34.2 Å². The molecule has 3 aromatic carbocycles. The molecule has 0 spiro atoms. The van der Waals surface area contributed by atoms with Crippen LogP contribution in [-0.2, 0) is 0 Å². The third-order valence-electron chi connectivity index (χ3n) is 5.23. The number of aryl methyl sites for hydroxylation is 1. The van der Waals surface area contributed by atoms with Crippen LogP contribution in [0.1, 0.15) is 27.0 Å². The molecule has 182 valence electrons. The SMILES string of the molecule is COc1cc(/C=C\c2cc(Cl)c(OC)c(N/C=C\C(=O)c3ccc(C)cc3)c2)cc(OC)c1OC. The largest absolute Gasteiger partial charge is 0.493 e. The Morgan fingerprint density at radius 3 is 1.91 bits per heavy atom. The number of hydrogen-bond donors (Lipinski definition) is 1. The van der Waals surface area contributed by atoms with E-state index in [0.29, 0.717) is 39.3 Å². The van der Waals surface area contributed by atoms with Crippen molar-refractivity contribution in [3.63, 3.8) is 0 Å². The Balaban J connectivity index is 1.85. The monoisotopic (exact) mass is 493 g/mol. The molecule has 0 radical (unpaired) electrons. The minimum atomic E-state index is -0.110. The van der Waals surface area contributed by atoms with Gasteiger partial charge in [0.25, 0.3) is 0 Å². The van der Waals surface area contributed by atoms with Gasteiger partial charge in [0.2, 0.25) is 5.75 Å². The number of ether oxygens (including phenoxy) is 4. The van der Waals surface area contributed by atoms with Crippen LogP contribution in [0.15, 0.2) is 60.8 Å². The van der Waals surface area contributed by atoms with Crippen molar-refractivity contribution in [2.24, 2.45) is 0 Å². The molecule has 0 aliphatic carbocycles. The maximum absolute atomic E-state index is 12.4. The van der Waals surface area contributed by atoms with E-state index in [1.165, 1.54) is 6.08 Å². The summed E-state index contributed by atoms with van der Waals surface area (Å²) >= 11 is 6.46. The van der Waals surface area contributed by atoms with Crippen molar-refractivity contribution in [3.8, 4) is 23.0 Å². The lowest BCUT2D eigenvalue weighted by Crippen LogP contribution is -1.98. The van der Waals surface area contributed by atoms with Crippen molar-refractivity contribution in [1.82, 2.24) is 0 Å². The number of anilines is 1. The molecule has 0 bridgehead atoms. The van der Waals surface area contributed by atoms with Gasteiger partial charge in [-0.1, -0.05) is 53.6 Å². The van der Waals surface area contributed by atoms with E-state index < -0.39 is 0 Å². The molecule has 0 heterocycles. The van der Waals surface area contributed by atoms with E-state index in [-0.39, 0.29) is 5.78 Å². The highest BCUT2D eigenvalue weighted by Crippen LogP contribution is 2.39. The fourth-order valence-electron chi connectivity index (χ4n) is 3.44. The van der Waals surface area contributed by atoms with Crippen molar-refractivity contribution in [1.29, 1.82) is 0 Å². The number of halogens is 1. The van der Waals surface area contributed by atoms with Crippen molar-refractivity contribution in [2.75, 3.05) is 33.8 Å². The number of allylic oxidation sites excluding steroid dienone is 1. The van der Waals surface area contributed by atoms with Gasteiger partial charge in [-0.15, -0.1) is 0 Å². The number of rotatable bonds is 10. The van der Waals surface area contributed by atoms with Gasteiger partial charge >= 0.3 is 0 Å². The molecule has 3 rings (SSSR count). The van der Waals surface area contributed by atoms with Gasteiger partial charge in [-0.3, -0.25) is 4.79 Å². The average molecular weight is 494 g/mol. The van der Waals surface area contributed by atoms with Crippen LogP contribution in [0.2, 0.25) is 5.02 Å². The van der Waals surface area contributed by atoms with E-state index in [1.807, 2.05) is 49.4 Å². The Bertz CT molecular complexity index is 1220. The first-order chi connectivity index (χ1) is 16.9. The summed E-state index contributed by atoms with van der Waals surface area (Å²) in [4.78, 5) is 12.4. The minimum absolute atomic E-state index is 0.110. The van der Waals surface area contributed by atoms with Crippen LogP contribution in [0.3, 0.4) is 0 Å². The first-order valence-corrected chi connectivity index (χ1v) is 11.2. The van der Waals surface area contributed by atoms with Gasteiger partial charge in [0.1, 0.15) is 0 Å². The summed E-state index contributed by atoms with van der Waals surface area (Å²) in [5, 5.41) is 3.54. The van der Waals surface area contributed by atoms with Gasteiger partial charge in [-0.2, -0.15) is 0 Å². The second-order valence-electron chi connectivity index (χ2n) is 7.58. The van der Waals surface area contributed by atoms with Crippen LogP contribution >= 0.6 is 11.6 Å². The van der Waals surface area contributed by atoms with Gasteiger partial charge in [-0.25, -0.2) is 0 Å². The number of ketones is 1. The molecule has 0 aliphatic heterocycles. The lowest BCUT2D eigenvalue weighted by Gasteiger charge is -2.13. The van der Waals surface area contributed by atoms with Gasteiger partial charge < -0.3 is 24.3 Å². The molecule has 0 aromatic heterocycles. The van der Waals surface area contributed by atoms with E-state index in [4.69, 9.17) is 30.5 Å². The molecular formula is C28H28ClNO5. The fourth-order valence-corrected chi connectivity index (χ4v) is 3.74. The van der Waals surface area contributed by atoms with Gasteiger partial charge in [0.05, 0.1) is 39.1 Å². The van der Waals surface area contributed by atoms with Crippen molar-refractivity contribution in [3.05, 3.63) is 88.1 Å². The number of carbonyl (C=O) groups excluding carboxylic acids is 1. The Labute approximate surface area is 210 Å². The van der Waals surface area contributed by atoms with Crippen molar-refractivity contribution in [2.45, 2.75) is 6.92 Å². The molecule has 3 aromatic rings. The Morgan fingerprint density at radius 1 is 0.800 bits per heavy atom. The van der Waals surface area contributed by atoms with Crippen molar-refractivity contribution >= 4 is 35.2 Å². The van der Waals surface area contributed by atoms with Gasteiger partial charge in [-0.05, 0) is 42.3 Å². The van der Waals surface area contributed by atoms with Gasteiger partial charge in [0.15, 0.2) is 23.0 Å². The fraction of sp³-hybridized carbons (Fsp3) is 0.179. The van der Waals surface area contributed by atoms with Gasteiger partial charge in [0, 0.05) is 17.8 Å². The topological polar surface area (TPSA) is 66.0 Å². The number of hydrogen-bond acceptors (Lipinski definition) is 6. The zero-order chi connectivity index (χ0) is 25.4. The first kappa shape index (κ1) is 25.7. The predicted octanol–water partition coefficient (Wildman–Crippen LogP) is 6.66. The molecule has 7 heteroatoms. The number of benzene rings is 3. The molecule has 0 fully saturated rings. The highest BCUT2D eigenvalue weighted by Gasteiger charge is 2.13. The summed E-state index contributed by atoms with van der Waals surface area (Å²) in [6.45, 7) is 1.98. The minimum Gasteiger partial charge on any atom is -0.493 e. The summed E-state index contributed by atoms with van der Waals surface area (Å²) in [6.07, 6.45) is 6.85. The zero-order valence-electron chi connectivity index (χ0n) is 20.3. The quantitative estimate of drug-likeness (QED) is 0.193. The second kappa shape index (κ2) is 12.0. The van der Waals surface area contributed by atoms with E-state index in [0.717, 1.165) is 16.7 Å². The summed E-state index contributed by atoms with van der Waals surface area (Å²) in [5.74, 6) is 2.01. The van der Waals surface area contributed by atoms with E-state index >= 15 is 0 Å². The number of nitrogens with one attached hydrogen (secondary N) is 1. The molecule has 6 nitrogen and oxygen atoms in total. The highest BCUT2D eigenvalue weighted by atomic mass is 35.5.